The van der Waals surface area contributed by atoms with Crippen molar-refractivity contribution >= 4 is 0 Å². The summed E-state index contributed by atoms with van der Waals surface area (Å²) in [5.41, 5.74) is 0.387. The van der Waals surface area contributed by atoms with E-state index in [9.17, 15) is 13.2 Å². The highest BCUT2D eigenvalue weighted by molar-refractivity contribution is 4.90. The molecule has 1 fully saturated rings. The lowest BCUT2D eigenvalue weighted by atomic mass is 9.82. The predicted molar refractivity (Wildman–Crippen MR) is 67.6 cm³/mol. The van der Waals surface area contributed by atoms with Gasteiger partial charge in [-0.3, -0.25) is 4.90 Å². The average molecular weight is 266 g/mol. The topological polar surface area (TPSA) is 15.3 Å². The summed E-state index contributed by atoms with van der Waals surface area (Å²) in [4.78, 5) is 2.32. The number of rotatable bonds is 6. The third-order valence-electron chi connectivity index (χ3n) is 4.36. The molecule has 18 heavy (non-hydrogen) atoms. The third kappa shape index (κ3) is 4.43. The molecule has 0 aromatic carbocycles. The van der Waals surface area contributed by atoms with E-state index in [-0.39, 0.29) is 6.04 Å². The largest absolute Gasteiger partial charge is 0.401 e. The van der Waals surface area contributed by atoms with Crippen LogP contribution in [0.15, 0.2) is 0 Å². The van der Waals surface area contributed by atoms with Gasteiger partial charge in [0.05, 0.1) is 6.54 Å². The van der Waals surface area contributed by atoms with Gasteiger partial charge < -0.3 is 5.32 Å². The van der Waals surface area contributed by atoms with E-state index < -0.39 is 12.7 Å². The zero-order valence-electron chi connectivity index (χ0n) is 11.6. The Morgan fingerprint density at radius 3 is 2.33 bits per heavy atom. The molecule has 1 atom stereocenters. The molecule has 0 saturated carbocycles. The van der Waals surface area contributed by atoms with Crippen molar-refractivity contribution in [2.45, 2.75) is 52.3 Å². The lowest BCUT2D eigenvalue weighted by Gasteiger charge is -2.29. The lowest BCUT2D eigenvalue weighted by molar-refractivity contribution is -0.125. The summed E-state index contributed by atoms with van der Waals surface area (Å²) >= 11 is 0. The van der Waals surface area contributed by atoms with Gasteiger partial charge in [0.25, 0.3) is 0 Å². The second-order valence-corrected chi connectivity index (χ2v) is 5.52. The third-order valence-corrected chi connectivity index (χ3v) is 4.36. The van der Waals surface area contributed by atoms with Crippen LogP contribution in [0.4, 0.5) is 13.2 Å². The number of halogens is 3. The van der Waals surface area contributed by atoms with E-state index in [0.29, 0.717) is 12.0 Å². The lowest BCUT2D eigenvalue weighted by Crippen LogP contribution is -2.42. The Morgan fingerprint density at radius 1 is 1.28 bits per heavy atom. The maximum Gasteiger partial charge on any atom is 0.401 e. The molecule has 1 unspecified atom stereocenters. The molecular formula is C13H25F3N2. The predicted octanol–water partition coefficient (Wildman–Crippen LogP) is 3.04. The number of hydrogen-bond donors (Lipinski definition) is 1. The summed E-state index contributed by atoms with van der Waals surface area (Å²) in [6.45, 7) is 7.97. The highest BCUT2D eigenvalue weighted by Crippen LogP contribution is 2.37. The Kier molecular flexibility index (Phi) is 5.46. The number of nitrogens with zero attached hydrogens (tertiary/aromatic N) is 1. The van der Waals surface area contributed by atoms with Crippen molar-refractivity contribution in [3.05, 3.63) is 0 Å². The fourth-order valence-corrected chi connectivity index (χ4v) is 2.72. The van der Waals surface area contributed by atoms with Crippen LogP contribution < -0.4 is 5.32 Å². The van der Waals surface area contributed by atoms with Gasteiger partial charge in [0.2, 0.25) is 0 Å². The smallest absolute Gasteiger partial charge is 0.307 e. The van der Waals surface area contributed by atoms with Crippen molar-refractivity contribution in [1.29, 1.82) is 0 Å². The van der Waals surface area contributed by atoms with Gasteiger partial charge in [0, 0.05) is 19.1 Å². The fraction of sp³-hybridized carbons (Fsp3) is 1.00. The zero-order valence-corrected chi connectivity index (χ0v) is 11.6. The molecule has 2 nitrogen and oxygen atoms in total. The van der Waals surface area contributed by atoms with Crippen LogP contribution in [0.5, 0.6) is 0 Å². The van der Waals surface area contributed by atoms with Crippen LogP contribution in [0.2, 0.25) is 0 Å². The number of nitrogens with one attached hydrogen (secondary N) is 1. The first-order chi connectivity index (χ1) is 8.32. The second-order valence-electron chi connectivity index (χ2n) is 5.52. The summed E-state index contributed by atoms with van der Waals surface area (Å²) in [6.07, 6.45) is -0.629. The fourth-order valence-electron chi connectivity index (χ4n) is 2.72. The van der Waals surface area contributed by atoms with Gasteiger partial charge in [0.1, 0.15) is 0 Å². The molecular weight excluding hydrogens is 241 g/mol. The quantitative estimate of drug-likeness (QED) is 0.795. The molecule has 0 bridgehead atoms. The summed E-state index contributed by atoms with van der Waals surface area (Å²) in [5.74, 6) is 0. The molecule has 1 N–H and O–H groups in total. The first kappa shape index (κ1) is 15.8. The normalized spacial score (nSPS) is 22.3. The molecule has 0 aromatic heterocycles. The minimum absolute atomic E-state index is 0.173. The summed E-state index contributed by atoms with van der Waals surface area (Å²) in [6, 6.07) is 0.173. The van der Waals surface area contributed by atoms with Crippen LogP contribution in [0.25, 0.3) is 0 Å². The van der Waals surface area contributed by atoms with Crippen molar-refractivity contribution in [3.8, 4) is 0 Å². The molecule has 0 amide bonds. The Labute approximate surface area is 108 Å². The molecule has 5 heteroatoms. The molecule has 0 radical (unpaired) electrons. The summed E-state index contributed by atoms with van der Waals surface area (Å²) in [5, 5.41) is 2.50. The van der Waals surface area contributed by atoms with E-state index in [1.807, 2.05) is 6.92 Å². The Balaban J connectivity index is 2.34. The van der Waals surface area contributed by atoms with Crippen molar-refractivity contribution < 1.29 is 13.2 Å². The van der Waals surface area contributed by atoms with Crippen LogP contribution in [-0.2, 0) is 0 Å². The molecule has 1 aliphatic heterocycles. The van der Waals surface area contributed by atoms with Crippen LogP contribution in [0.3, 0.4) is 0 Å². The molecule has 1 aliphatic rings. The zero-order chi connectivity index (χ0) is 13.8. The van der Waals surface area contributed by atoms with Gasteiger partial charge in [-0.25, -0.2) is 0 Å². The number of alkyl halides is 3. The van der Waals surface area contributed by atoms with E-state index in [2.05, 4.69) is 24.1 Å². The monoisotopic (exact) mass is 266 g/mol. The maximum absolute atomic E-state index is 12.0. The highest BCUT2D eigenvalue weighted by Gasteiger charge is 2.36. The van der Waals surface area contributed by atoms with E-state index in [1.54, 1.807) is 0 Å². The first-order valence-electron chi connectivity index (χ1n) is 6.83. The van der Waals surface area contributed by atoms with Gasteiger partial charge in [-0.05, 0) is 38.1 Å². The van der Waals surface area contributed by atoms with Gasteiger partial charge in [-0.15, -0.1) is 0 Å². The molecule has 1 rings (SSSR count). The van der Waals surface area contributed by atoms with Crippen molar-refractivity contribution in [2.24, 2.45) is 5.41 Å². The molecule has 1 heterocycles. The molecule has 0 aromatic rings. The van der Waals surface area contributed by atoms with Crippen molar-refractivity contribution in [3.63, 3.8) is 0 Å². The van der Waals surface area contributed by atoms with Gasteiger partial charge in [-0.1, -0.05) is 13.8 Å². The van der Waals surface area contributed by atoms with E-state index >= 15 is 0 Å². The molecule has 1 saturated heterocycles. The standard InChI is InChI=1S/C13H25F3N2/c1-4-12(5-2)6-7-18(10-12)11(3)8-17-9-13(14,15)16/h11,17H,4-10H2,1-3H3. The van der Waals surface area contributed by atoms with Crippen LogP contribution in [0.1, 0.15) is 40.0 Å². The van der Waals surface area contributed by atoms with E-state index in [0.717, 1.165) is 25.9 Å². The van der Waals surface area contributed by atoms with Crippen LogP contribution >= 0.6 is 0 Å². The number of likely N-dealkylation sites (tertiary alicyclic amines) is 1. The first-order valence-corrected chi connectivity index (χ1v) is 6.83. The van der Waals surface area contributed by atoms with Crippen molar-refractivity contribution in [1.82, 2.24) is 10.2 Å². The van der Waals surface area contributed by atoms with Gasteiger partial charge in [0.15, 0.2) is 0 Å². The number of hydrogen-bond acceptors (Lipinski definition) is 2. The average Bonchev–Trinajstić information content (AvgIpc) is 2.72. The molecule has 108 valence electrons. The van der Waals surface area contributed by atoms with E-state index in [4.69, 9.17) is 0 Å². The second kappa shape index (κ2) is 6.24. The summed E-state index contributed by atoms with van der Waals surface area (Å²) in [7, 11) is 0. The van der Waals surface area contributed by atoms with Gasteiger partial charge in [-0.2, -0.15) is 13.2 Å². The summed E-state index contributed by atoms with van der Waals surface area (Å²) < 4.78 is 36.1. The SMILES string of the molecule is CCC1(CC)CCN(C(C)CNCC(F)(F)F)C1. The maximum atomic E-state index is 12.0. The van der Waals surface area contributed by atoms with Crippen molar-refractivity contribution in [2.75, 3.05) is 26.2 Å². The highest BCUT2D eigenvalue weighted by atomic mass is 19.4. The Morgan fingerprint density at radius 2 is 1.89 bits per heavy atom. The Bertz CT molecular complexity index is 249. The molecule has 0 spiro atoms. The van der Waals surface area contributed by atoms with Crippen LogP contribution in [-0.4, -0.2) is 43.3 Å². The minimum Gasteiger partial charge on any atom is -0.307 e. The Hall–Kier alpha value is -0.290. The van der Waals surface area contributed by atoms with E-state index in [1.165, 1.54) is 6.42 Å². The minimum atomic E-state index is -4.11. The van der Waals surface area contributed by atoms with Gasteiger partial charge >= 0.3 is 6.18 Å². The van der Waals surface area contributed by atoms with Crippen LogP contribution in [0, 0.1) is 5.41 Å². The molecule has 0 aliphatic carbocycles.